The Balaban J connectivity index is 2.32. The van der Waals surface area contributed by atoms with Gasteiger partial charge in [0.15, 0.2) is 0 Å². The number of aliphatic hydroxyl groups excluding tert-OH is 1. The average molecular weight is 225 g/mol. The Bertz CT molecular complexity index is 262. The van der Waals surface area contributed by atoms with Crippen LogP contribution in [0.2, 0.25) is 0 Å². The number of carbonyl (C=O) groups is 1. The molecule has 0 aliphatic carbocycles. The van der Waals surface area contributed by atoms with Crippen molar-refractivity contribution in [3.63, 3.8) is 0 Å². The summed E-state index contributed by atoms with van der Waals surface area (Å²) in [6.45, 7) is 2.77. The highest BCUT2D eigenvalue weighted by Crippen LogP contribution is 2.16. The van der Waals surface area contributed by atoms with Gasteiger partial charge in [0, 0.05) is 26.1 Å². The van der Waals surface area contributed by atoms with Gasteiger partial charge in [0.2, 0.25) is 5.91 Å². The van der Waals surface area contributed by atoms with Crippen molar-refractivity contribution in [2.45, 2.75) is 19.3 Å². The zero-order chi connectivity index (χ0) is 11.8. The molecule has 0 bridgehead atoms. The molecule has 2 N–H and O–H groups in total. The molecule has 0 saturated carbocycles. The van der Waals surface area contributed by atoms with Crippen LogP contribution in [0.4, 0.5) is 0 Å². The number of amides is 1. The smallest absolute Gasteiger partial charge is 0.224 e. The molecule has 1 atom stereocenters. The number of rotatable bonds is 5. The van der Waals surface area contributed by atoms with Crippen molar-refractivity contribution < 1.29 is 9.90 Å². The zero-order valence-corrected chi connectivity index (χ0v) is 9.48. The third-order valence-corrected chi connectivity index (χ3v) is 2.83. The molecule has 0 spiro atoms. The standard InChI is InChI=1S/C11H19N3O2/c12-4-2-7-14-6-1-3-10(9-14)11(16)13-5-8-15/h10,15H,1-3,5-9H2,(H,13,16). The molecule has 1 saturated heterocycles. The predicted octanol–water partition coefficient (Wildman–Crippen LogP) is -0.279. The summed E-state index contributed by atoms with van der Waals surface area (Å²) in [7, 11) is 0. The fraction of sp³-hybridized carbons (Fsp3) is 0.818. The molecule has 5 heteroatoms. The molecular weight excluding hydrogens is 206 g/mol. The van der Waals surface area contributed by atoms with Crippen molar-refractivity contribution in [2.75, 3.05) is 32.8 Å². The molecule has 1 aliphatic heterocycles. The second-order valence-electron chi connectivity index (χ2n) is 4.06. The molecule has 1 rings (SSSR count). The van der Waals surface area contributed by atoms with Gasteiger partial charge in [-0.2, -0.15) is 5.26 Å². The highest BCUT2D eigenvalue weighted by Gasteiger charge is 2.24. The fourth-order valence-corrected chi connectivity index (χ4v) is 2.00. The van der Waals surface area contributed by atoms with Crippen molar-refractivity contribution in [1.82, 2.24) is 10.2 Å². The number of nitrogens with one attached hydrogen (secondary N) is 1. The molecule has 0 aromatic carbocycles. The van der Waals surface area contributed by atoms with Crippen molar-refractivity contribution in [1.29, 1.82) is 5.26 Å². The van der Waals surface area contributed by atoms with Gasteiger partial charge in [-0.25, -0.2) is 0 Å². The lowest BCUT2D eigenvalue weighted by Crippen LogP contribution is -2.43. The van der Waals surface area contributed by atoms with Crippen LogP contribution in [0.15, 0.2) is 0 Å². The first-order valence-corrected chi connectivity index (χ1v) is 5.75. The van der Waals surface area contributed by atoms with Crippen molar-refractivity contribution >= 4 is 5.91 Å². The quantitative estimate of drug-likeness (QED) is 0.674. The first kappa shape index (κ1) is 12.9. The summed E-state index contributed by atoms with van der Waals surface area (Å²) in [6, 6.07) is 2.12. The Morgan fingerprint density at radius 1 is 1.62 bits per heavy atom. The molecule has 5 nitrogen and oxygen atoms in total. The Kier molecular flexibility index (Phi) is 5.83. The monoisotopic (exact) mass is 225 g/mol. The van der Waals surface area contributed by atoms with Crippen LogP contribution in [0.5, 0.6) is 0 Å². The molecule has 1 aliphatic rings. The van der Waals surface area contributed by atoms with E-state index in [1.54, 1.807) is 0 Å². The van der Waals surface area contributed by atoms with Crippen LogP contribution in [0.3, 0.4) is 0 Å². The third-order valence-electron chi connectivity index (χ3n) is 2.83. The van der Waals surface area contributed by atoms with Crippen LogP contribution >= 0.6 is 0 Å². The van der Waals surface area contributed by atoms with E-state index in [1.165, 1.54) is 0 Å². The topological polar surface area (TPSA) is 76.4 Å². The molecule has 90 valence electrons. The molecular formula is C11H19N3O2. The molecule has 0 aromatic rings. The van der Waals surface area contributed by atoms with Crippen LogP contribution in [0.1, 0.15) is 19.3 Å². The minimum atomic E-state index is -0.0173. The molecule has 16 heavy (non-hydrogen) atoms. The number of hydrogen-bond acceptors (Lipinski definition) is 4. The van der Waals surface area contributed by atoms with Crippen LogP contribution < -0.4 is 5.32 Å². The number of aliphatic hydroxyl groups is 1. The largest absolute Gasteiger partial charge is 0.395 e. The van der Waals surface area contributed by atoms with E-state index in [2.05, 4.69) is 16.3 Å². The first-order valence-electron chi connectivity index (χ1n) is 5.75. The third kappa shape index (κ3) is 4.17. The van der Waals surface area contributed by atoms with E-state index in [4.69, 9.17) is 10.4 Å². The van der Waals surface area contributed by atoms with Gasteiger partial charge in [0.05, 0.1) is 18.6 Å². The molecule has 1 unspecified atom stereocenters. The van der Waals surface area contributed by atoms with Crippen LogP contribution in [0, 0.1) is 17.2 Å². The Morgan fingerprint density at radius 3 is 3.12 bits per heavy atom. The second-order valence-corrected chi connectivity index (χ2v) is 4.06. The summed E-state index contributed by atoms with van der Waals surface area (Å²) in [5, 5.41) is 19.8. The summed E-state index contributed by atoms with van der Waals surface area (Å²) in [5.74, 6) is 0.0368. The van der Waals surface area contributed by atoms with E-state index < -0.39 is 0 Å². The molecule has 1 heterocycles. The summed E-state index contributed by atoms with van der Waals surface area (Å²) in [5.41, 5.74) is 0. The lowest BCUT2D eigenvalue weighted by atomic mass is 9.97. The number of likely N-dealkylation sites (tertiary alicyclic amines) is 1. The number of hydrogen-bond donors (Lipinski definition) is 2. The predicted molar refractivity (Wildman–Crippen MR) is 59.5 cm³/mol. The van der Waals surface area contributed by atoms with Gasteiger partial charge < -0.3 is 15.3 Å². The number of nitrogens with zero attached hydrogens (tertiary/aromatic N) is 2. The van der Waals surface area contributed by atoms with Crippen molar-refractivity contribution in [2.24, 2.45) is 5.92 Å². The van der Waals surface area contributed by atoms with Crippen LogP contribution in [-0.2, 0) is 4.79 Å². The maximum absolute atomic E-state index is 11.7. The van der Waals surface area contributed by atoms with E-state index in [9.17, 15) is 4.79 Å². The van der Waals surface area contributed by atoms with Gasteiger partial charge in [-0.3, -0.25) is 4.79 Å². The van der Waals surface area contributed by atoms with Crippen LogP contribution in [-0.4, -0.2) is 48.7 Å². The van der Waals surface area contributed by atoms with Gasteiger partial charge in [-0.15, -0.1) is 0 Å². The highest BCUT2D eigenvalue weighted by atomic mass is 16.3. The summed E-state index contributed by atoms with van der Waals surface area (Å²) < 4.78 is 0. The Hall–Kier alpha value is -1.12. The van der Waals surface area contributed by atoms with Gasteiger partial charge >= 0.3 is 0 Å². The molecule has 0 aromatic heterocycles. The first-order chi connectivity index (χ1) is 7.77. The molecule has 0 radical (unpaired) electrons. The summed E-state index contributed by atoms with van der Waals surface area (Å²) in [4.78, 5) is 13.8. The lowest BCUT2D eigenvalue weighted by molar-refractivity contribution is -0.126. The van der Waals surface area contributed by atoms with Crippen molar-refractivity contribution in [3.05, 3.63) is 0 Å². The fourth-order valence-electron chi connectivity index (χ4n) is 2.00. The summed E-state index contributed by atoms with van der Waals surface area (Å²) in [6.07, 6.45) is 2.42. The lowest BCUT2D eigenvalue weighted by Gasteiger charge is -2.31. The average Bonchev–Trinajstić information content (AvgIpc) is 2.33. The Morgan fingerprint density at radius 2 is 2.44 bits per heavy atom. The van der Waals surface area contributed by atoms with E-state index in [-0.39, 0.29) is 18.4 Å². The second kappa shape index (κ2) is 7.20. The molecule has 1 amide bonds. The van der Waals surface area contributed by atoms with E-state index in [1.807, 2.05) is 0 Å². The van der Waals surface area contributed by atoms with E-state index >= 15 is 0 Å². The minimum absolute atomic E-state index is 0.0130. The van der Waals surface area contributed by atoms with Gasteiger partial charge in [-0.1, -0.05) is 0 Å². The maximum Gasteiger partial charge on any atom is 0.224 e. The zero-order valence-electron chi connectivity index (χ0n) is 9.48. The highest BCUT2D eigenvalue weighted by molar-refractivity contribution is 5.78. The summed E-state index contributed by atoms with van der Waals surface area (Å²) >= 11 is 0. The Labute approximate surface area is 96.0 Å². The van der Waals surface area contributed by atoms with E-state index in [0.717, 1.165) is 32.5 Å². The normalized spacial score (nSPS) is 21.4. The van der Waals surface area contributed by atoms with Gasteiger partial charge in [0.25, 0.3) is 0 Å². The van der Waals surface area contributed by atoms with Crippen molar-refractivity contribution in [3.8, 4) is 6.07 Å². The maximum atomic E-state index is 11.7. The molecule has 1 fully saturated rings. The SMILES string of the molecule is N#CCCN1CCCC(C(=O)NCCO)C1. The number of piperidine rings is 1. The van der Waals surface area contributed by atoms with Crippen LogP contribution in [0.25, 0.3) is 0 Å². The number of nitriles is 1. The minimum Gasteiger partial charge on any atom is -0.395 e. The van der Waals surface area contributed by atoms with Gasteiger partial charge in [0.1, 0.15) is 0 Å². The van der Waals surface area contributed by atoms with E-state index in [0.29, 0.717) is 13.0 Å². The van der Waals surface area contributed by atoms with Gasteiger partial charge in [-0.05, 0) is 19.4 Å². The number of carbonyl (C=O) groups excluding carboxylic acids is 1.